The molecule has 2 aromatic rings. The summed E-state index contributed by atoms with van der Waals surface area (Å²) in [6, 6.07) is 10.3. The summed E-state index contributed by atoms with van der Waals surface area (Å²) in [5.74, 6) is 0.230. The normalized spacial score (nSPS) is 14.2. The quantitative estimate of drug-likeness (QED) is 0.626. The monoisotopic (exact) mass is 318 g/mol. The van der Waals surface area contributed by atoms with Gasteiger partial charge in [0.25, 0.3) is 0 Å². The van der Waals surface area contributed by atoms with Crippen LogP contribution in [0.4, 0.5) is 0 Å². The van der Waals surface area contributed by atoms with E-state index in [1.165, 1.54) is 12.6 Å². The number of benzene rings is 1. The van der Waals surface area contributed by atoms with E-state index in [1.807, 2.05) is 6.07 Å². The molecule has 5 nitrogen and oxygen atoms in total. The molecule has 1 aromatic heterocycles. The Morgan fingerprint density at radius 2 is 2.05 bits per heavy atom. The van der Waals surface area contributed by atoms with Gasteiger partial charge in [0, 0.05) is 19.2 Å². The number of carbonyl (C=O) groups excluding carboxylic acids is 1. The van der Waals surface area contributed by atoms with Crippen molar-refractivity contribution in [2.45, 2.75) is 6.42 Å². The van der Waals surface area contributed by atoms with E-state index in [4.69, 9.17) is 21.1 Å². The van der Waals surface area contributed by atoms with Gasteiger partial charge in [0.15, 0.2) is 10.9 Å². The highest BCUT2D eigenvalue weighted by Crippen LogP contribution is 2.27. The lowest BCUT2D eigenvalue weighted by Crippen LogP contribution is -2.39. The van der Waals surface area contributed by atoms with Crippen LogP contribution >= 0.6 is 11.6 Å². The van der Waals surface area contributed by atoms with E-state index >= 15 is 0 Å². The van der Waals surface area contributed by atoms with Gasteiger partial charge in [0.1, 0.15) is 12.5 Å². The first kappa shape index (κ1) is 14.8. The minimum absolute atomic E-state index is 0.126. The zero-order chi connectivity index (χ0) is 15.4. The Morgan fingerprint density at radius 1 is 1.27 bits per heavy atom. The van der Waals surface area contributed by atoms with Crippen molar-refractivity contribution in [1.29, 1.82) is 0 Å². The Hall–Kier alpha value is -2.11. The number of aromatic nitrogens is 1. The number of ether oxygens (including phenoxy) is 2. The lowest BCUT2D eigenvalue weighted by atomic mass is 10.2. The number of nitrogens with zero attached hydrogens (tertiary/aromatic N) is 2. The van der Waals surface area contributed by atoms with Gasteiger partial charge in [-0.3, -0.25) is 4.90 Å². The van der Waals surface area contributed by atoms with Gasteiger partial charge in [-0.1, -0.05) is 29.8 Å². The van der Waals surface area contributed by atoms with Crippen LogP contribution in [0.1, 0.15) is 16.8 Å². The SMILES string of the molecule is O=C(Oc1cc(OCN2CCC2)cnc1Cl)c1ccccc1. The summed E-state index contributed by atoms with van der Waals surface area (Å²) >= 11 is 5.97. The maximum Gasteiger partial charge on any atom is 0.343 e. The molecule has 0 aliphatic carbocycles. The molecule has 1 saturated heterocycles. The van der Waals surface area contributed by atoms with Gasteiger partial charge >= 0.3 is 5.97 Å². The highest BCUT2D eigenvalue weighted by Gasteiger charge is 2.16. The molecular formula is C16H15ClN2O3. The molecule has 0 radical (unpaired) electrons. The largest absolute Gasteiger partial charge is 0.476 e. The predicted molar refractivity (Wildman–Crippen MR) is 82.3 cm³/mol. The zero-order valence-corrected chi connectivity index (χ0v) is 12.6. The van der Waals surface area contributed by atoms with Crippen LogP contribution in [0.2, 0.25) is 5.15 Å². The van der Waals surface area contributed by atoms with E-state index in [0.717, 1.165) is 13.1 Å². The molecule has 3 rings (SSSR count). The van der Waals surface area contributed by atoms with E-state index < -0.39 is 5.97 Å². The van der Waals surface area contributed by atoms with Crippen molar-refractivity contribution in [3.05, 3.63) is 53.3 Å². The average molecular weight is 319 g/mol. The van der Waals surface area contributed by atoms with E-state index in [0.29, 0.717) is 18.0 Å². The second-order valence-corrected chi connectivity index (χ2v) is 5.32. The van der Waals surface area contributed by atoms with Crippen LogP contribution in [-0.4, -0.2) is 35.7 Å². The molecule has 0 N–H and O–H groups in total. The molecule has 6 heteroatoms. The standard InChI is InChI=1S/C16H15ClN2O3/c17-15-14(22-16(20)12-5-2-1-3-6-12)9-13(10-18-15)21-11-19-7-4-8-19/h1-3,5-6,9-10H,4,7-8,11H2. The van der Waals surface area contributed by atoms with Crippen LogP contribution in [0.3, 0.4) is 0 Å². The van der Waals surface area contributed by atoms with Crippen LogP contribution < -0.4 is 9.47 Å². The smallest absolute Gasteiger partial charge is 0.343 e. The third kappa shape index (κ3) is 3.55. The molecule has 114 valence electrons. The highest BCUT2D eigenvalue weighted by molar-refractivity contribution is 6.31. The van der Waals surface area contributed by atoms with E-state index in [9.17, 15) is 4.79 Å². The minimum atomic E-state index is -0.482. The summed E-state index contributed by atoms with van der Waals surface area (Å²) < 4.78 is 10.9. The van der Waals surface area contributed by atoms with Crippen LogP contribution in [0.15, 0.2) is 42.6 Å². The summed E-state index contributed by atoms with van der Waals surface area (Å²) in [6.07, 6.45) is 2.71. The first-order valence-electron chi connectivity index (χ1n) is 7.00. The first-order valence-corrected chi connectivity index (χ1v) is 7.38. The lowest BCUT2D eigenvalue weighted by Gasteiger charge is -2.30. The average Bonchev–Trinajstić information content (AvgIpc) is 2.49. The third-order valence-electron chi connectivity index (χ3n) is 3.36. The third-order valence-corrected chi connectivity index (χ3v) is 3.64. The highest BCUT2D eigenvalue weighted by atomic mass is 35.5. The molecule has 1 aromatic carbocycles. The molecule has 2 heterocycles. The summed E-state index contributed by atoms with van der Waals surface area (Å²) in [5, 5.41) is 0.126. The van der Waals surface area contributed by atoms with Crippen molar-refractivity contribution in [3.63, 3.8) is 0 Å². The van der Waals surface area contributed by atoms with Crippen molar-refractivity contribution < 1.29 is 14.3 Å². The number of hydrogen-bond donors (Lipinski definition) is 0. The van der Waals surface area contributed by atoms with E-state index in [1.54, 1.807) is 30.3 Å². The van der Waals surface area contributed by atoms with Gasteiger partial charge in [-0.15, -0.1) is 0 Å². The molecule has 0 amide bonds. The molecule has 0 unspecified atom stereocenters. The second-order valence-electron chi connectivity index (χ2n) is 4.96. The molecule has 1 aliphatic heterocycles. The topological polar surface area (TPSA) is 51.7 Å². The summed E-state index contributed by atoms with van der Waals surface area (Å²) in [6.45, 7) is 2.57. The molecule has 0 bridgehead atoms. The van der Waals surface area contributed by atoms with Gasteiger partial charge in [-0.2, -0.15) is 0 Å². The summed E-state index contributed by atoms with van der Waals surface area (Å²) in [7, 11) is 0. The molecule has 0 saturated carbocycles. The number of likely N-dealkylation sites (tertiary alicyclic amines) is 1. The Kier molecular flexibility index (Phi) is 4.56. The van der Waals surface area contributed by atoms with Gasteiger partial charge in [-0.25, -0.2) is 9.78 Å². The van der Waals surface area contributed by atoms with Gasteiger partial charge < -0.3 is 9.47 Å². The van der Waals surface area contributed by atoms with E-state index in [-0.39, 0.29) is 10.9 Å². The molecule has 0 spiro atoms. The van der Waals surface area contributed by atoms with Gasteiger partial charge in [0.05, 0.1) is 11.8 Å². The summed E-state index contributed by atoms with van der Waals surface area (Å²) in [5.41, 5.74) is 0.450. The number of hydrogen-bond acceptors (Lipinski definition) is 5. The number of pyridine rings is 1. The molecule has 1 fully saturated rings. The fraction of sp³-hybridized carbons (Fsp3) is 0.250. The Bertz CT molecular complexity index is 660. The lowest BCUT2D eigenvalue weighted by molar-refractivity contribution is 0.0709. The molecular weight excluding hydrogens is 304 g/mol. The van der Waals surface area contributed by atoms with Crippen LogP contribution in [-0.2, 0) is 0 Å². The number of carbonyl (C=O) groups is 1. The van der Waals surface area contributed by atoms with Crippen molar-refractivity contribution in [3.8, 4) is 11.5 Å². The minimum Gasteiger partial charge on any atom is -0.476 e. The number of esters is 1. The van der Waals surface area contributed by atoms with Crippen molar-refractivity contribution in [2.24, 2.45) is 0 Å². The Morgan fingerprint density at radius 3 is 2.73 bits per heavy atom. The molecule has 1 aliphatic rings. The van der Waals surface area contributed by atoms with E-state index in [2.05, 4.69) is 9.88 Å². The second kappa shape index (κ2) is 6.77. The van der Waals surface area contributed by atoms with Gasteiger partial charge in [-0.05, 0) is 18.6 Å². The van der Waals surface area contributed by atoms with Crippen LogP contribution in [0.5, 0.6) is 11.5 Å². The van der Waals surface area contributed by atoms with Crippen LogP contribution in [0.25, 0.3) is 0 Å². The number of halogens is 1. The fourth-order valence-corrected chi connectivity index (χ4v) is 2.11. The molecule has 0 atom stereocenters. The summed E-state index contributed by atoms with van der Waals surface area (Å²) in [4.78, 5) is 18.2. The predicted octanol–water partition coefficient (Wildman–Crippen LogP) is 3.00. The zero-order valence-electron chi connectivity index (χ0n) is 11.9. The first-order chi connectivity index (χ1) is 10.7. The Labute approximate surface area is 133 Å². The Balaban J connectivity index is 1.68. The van der Waals surface area contributed by atoms with Gasteiger partial charge in [0.2, 0.25) is 0 Å². The number of rotatable bonds is 5. The van der Waals surface area contributed by atoms with Crippen molar-refractivity contribution >= 4 is 17.6 Å². The maximum atomic E-state index is 12.0. The maximum absolute atomic E-state index is 12.0. The fourth-order valence-electron chi connectivity index (χ4n) is 1.97. The van der Waals surface area contributed by atoms with Crippen molar-refractivity contribution in [2.75, 3.05) is 19.8 Å². The molecule has 22 heavy (non-hydrogen) atoms. The van der Waals surface area contributed by atoms with Crippen molar-refractivity contribution in [1.82, 2.24) is 9.88 Å². The van der Waals surface area contributed by atoms with Crippen LogP contribution in [0, 0.1) is 0 Å².